The second kappa shape index (κ2) is 3.86. The van der Waals surface area contributed by atoms with Crippen LogP contribution >= 0.6 is 15.9 Å². The molecule has 0 spiro atoms. The van der Waals surface area contributed by atoms with Crippen LogP contribution in [0.1, 0.15) is 11.4 Å². The highest BCUT2D eigenvalue weighted by Crippen LogP contribution is 2.13. The van der Waals surface area contributed by atoms with Crippen molar-refractivity contribution in [3.8, 4) is 12.0 Å². The Hall–Kier alpha value is -2.01. The Labute approximate surface area is 99.1 Å². The monoisotopic (exact) mass is 279 g/mol. The molecule has 2 N–H and O–H groups in total. The molecular formula is C8H6BrN7. The molecule has 2 heterocycles. The van der Waals surface area contributed by atoms with Crippen LogP contribution in [0.25, 0.3) is 5.95 Å². The van der Waals surface area contributed by atoms with E-state index in [0.717, 1.165) is 0 Å². The minimum absolute atomic E-state index is 0.107. The molecule has 0 aliphatic carbocycles. The number of rotatable bonds is 1. The zero-order valence-electron chi connectivity index (χ0n) is 8.22. The lowest BCUT2D eigenvalue weighted by Gasteiger charge is -2.01. The first-order chi connectivity index (χ1) is 7.60. The third kappa shape index (κ3) is 1.85. The van der Waals surface area contributed by atoms with Crippen molar-refractivity contribution in [3.63, 3.8) is 0 Å². The molecule has 0 aliphatic heterocycles. The lowest BCUT2D eigenvalue weighted by Crippen LogP contribution is -2.06. The molecular weight excluding hydrogens is 274 g/mol. The summed E-state index contributed by atoms with van der Waals surface area (Å²) in [6.07, 6.45) is 0. The van der Waals surface area contributed by atoms with E-state index in [4.69, 9.17) is 11.0 Å². The molecule has 0 bridgehead atoms. The lowest BCUT2D eigenvalue weighted by molar-refractivity contribution is 0.782. The van der Waals surface area contributed by atoms with Crippen LogP contribution in [0, 0.1) is 18.3 Å². The van der Waals surface area contributed by atoms with Gasteiger partial charge >= 0.3 is 0 Å². The minimum Gasteiger partial charge on any atom is -0.366 e. The summed E-state index contributed by atoms with van der Waals surface area (Å²) in [6.45, 7) is 1.76. The molecule has 0 saturated carbocycles. The highest BCUT2D eigenvalue weighted by Gasteiger charge is 2.11. The fourth-order valence-electron chi connectivity index (χ4n) is 1.14. The van der Waals surface area contributed by atoms with Crippen molar-refractivity contribution in [1.82, 2.24) is 24.7 Å². The van der Waals surface area contributed by atoms with Crippen LogP contribution in [0.3, 0.4) is 0 Å². The molecule has 0 aliphatic rings. The van der Waals surface area contributed by atoms with Crippen molar-refractivity contribution >= 4 is 21.9 Å². The van der Waals surface area contributed by atoms with Crippen molar-refractivity contribution in [2.24, 2.45) is 0 Å². The van der Waals surface area contributed by atoms with Crippen LogP contribution < -0.4 is 5.73 Å². The molecule has 0 radical (unpaired) electrons. The molecule has 8 heteroatoms. The summed E-state index contributed by atoms with van der Waals surface area (Å²) in [5, 5.41) is 12.7. The zero-order valence-corrected chi connectivity index (χ0v) is 9.80. The molecule has 0 atom stereocenters. The number of hydrogen-bond donors (Lipinski definition) is 1. The van der Waals surface area contributed by atoms with Crippen LogP contribution in [0.2, 0.25) is 0 Å². The Morgan fingerprint density at radius 3 is 2.75 bits per heavy atom. The van der Waals surface area contributed by atoms with Crippen LogP contribution in [0.5, 0.6) is 0 Å². The Morgan fingerprint density at radius 2 is 2.19 bits per heavy atom. The maximum Gasteiger partial charge on any atom is 0.254 e. The number of halogens is 1. The maximum atomic E-state index is 8.79. The summed E-state index contributed by atoms with van der Waals surface area (Å²) < 4.78 is 1.71. The maximum absolute atomic E-state index is 8.79. The summed E-state index contributed by atoms with van der Waals surface area (Å²) in [4.78, 5) is 12.0. The van der Waals surface area contributed by atoms with Gasteiger partial charge in [-0.3, -0.25) is 0 Å². The topological polar surface area (TPSA) is 106 Å². The highest BCUT2D eigenvalue weighted by molar-refractivity contribution is 9.10. The molecule has 7 nitrogen and oxygen atoms in total. The molecule has 0 fully saturated rings. The van der Waals surface area contributed by atoms with E-state index < -0.39 is 0 Å². The third-order valence-corrected chi connectivity index (χ3v) is 2.24. The predicted octanol–water partition coefficient (Wildman–Crippen LogP) is 0.582. The van der Waals surface area contributed by atoms with Crippen molar-refractivity contribution in [2.75, 3.05) is 5.73 Å². The first kappa shape index (κ1) is 10.5. The van der Waals surface area contributed by atoms with Gasteiger partial charge in [-0.1, -0.05) is 0 Å². The number of nitrogens with zero attached hydrogens (tertiary/aromatic N) is 6. The smallest absolute Gasteiger partial charge is 0.254 e. The van der Waals surface area contributed by atoms with Crippen LogP contribution in [0.4, 0.5) is 5.95 Å². The number of aromatic nitrogens is 5. The first-order valence-electron chi connectivity index (χ1n) is 4.24. The number of anilines is 1. The van der Waals surface area contributed by atoms with E-state index in [1.54, 1.807) is 13.0 Å². The van der Waals surface area contributed by atoms with Crippen LogP contribution in [-0.4, -0.2) is 24.7 Å². The molecule has 16 heavy (non-hydrogen) atoms. The largest absolute Gasteiger partial charge is 0.366 e. The average Bonchev–Trinajstić information content (AvgIpc) is 2.57. The molecule has 0 aromatic carbocycles. The minimum atomic E-state index is 0.107. The second-order valence-corrected chi connectivity index (χ2v) is 3.67. The second-order valence-electron chi connectivity index (χ2n) is 2.96. The fraction of sp³-hybridized carbons (Fsp3) is 0.125. The lowest BCUT2D eigenvalue weighted by atomic mass is 10.3. The van der Waals surface area contributed by atoms with E-state index in [2.05, 4.69) is 36.0 Å². The van der Waals surface area contributed by atoms with E-state index in [1.165, 1.54) is 4.68 Å². The van der Waals surface area contributed by atoms with E-state index in [0.29, 0.717) is 10.4 Å². The SMILES string of the molecule is Cc1cc(C#N)nc(-n2nc(N)nc2Br)n1. The van der Waals surface area contributed by atoms with Gasteiger partial charge in [-0.05, 0) is 28.9 Å². The summed E-state index contributed by atoms with van der Waals surface area (Å²) in [5.74, 6) is 0.364. The van der Waals surface area contributed by atoms with Gasteiger partial charge < -0.3 is 5.73 Å². The van der Waals surface area contributed by atoms with E-state index in [-0.39, 0.29) is 17.6 Å². The van der Waals surface area contributed by atoms with Gasteiger partial charge in [0.1, 0.15) is 11.8 Å². The number of nitrogens with two attached hydrogens (primary N) is 1. The summed E-state index contributed by atoms with van der Waals surface area (Å²) in [6, 6.07) is 3.53. The third-order valence-electron chi connectivity index (χ3n) is 1.73. The van der Waals surface area contributed by atoms with E-state index in [1.807, 2.05) is 6.07 Å². The van der Waals surface area contributed by atoms with Crippen molar-refractivity contribution in [2.45, 2.75) is 6.92 Å². The van der Waals surface area contributed by atoms with Crippen LogP contribution in [0.15, 0.2) is 10.8 Å². The summed E-state index contributed by atoms with van der Waals surface area (Å²) in [7, 11) is 0. The molecule has 2 aromatic rings. The Balaban J connectivity index is 2.60. The molecule has 2 rings (SSSR count). The van der Waals surface area contributed by atoms with E-state index in [9.17, 15) is 0 Å². The summed E-state index contributed by atoms with van der Waals surface area (Å²) in [5.41, 5.74) is 6.37. The van der Waals surface area contributed by atoms with Gasteiger partial charge in [0.05, 0.1) is 0 Å². The predicted molar refractivity (Wildman–Crippen MR) is 58.5 cm³/mol. The zero-order chi connectivity index (χ0) is 11.7. The molecule has 0 saturated heterocycles. The summed E-state index contributed by atoms with van der Waals surface area (Å²) >= 11 is 3.17. The Kier molecular flexibility index (Phi) is 2.54. The van der Waals surface area contributed by atoms with Crippen molar-refractivity contribution in [3.05, 3.63) is 22.2 Å². The normalized spacial score (nSPS) is 10.1. The van der Waals surface area contributed by atoms with Crippen molar-refractivity contribution < 1.29 is 0 Å². The number of nitriles is 1. The molecule has 0 amide bonds. The number of nitrogen functional groups attached to an aromatic ring is 1. The van der Waals surface area contributed by atoms with Crippen LogP contribution in [-0.2, 0) is 0 Å². The average molecular weight is 280 g/mol. The quantitative estimate of drug-likeness (QED) is 0.819. The van der Waals surface area contributed by atoms with E-state index >= 15 is 0 Å². The van der Waals surface area contributed by atoms with Gasteiger partial charge in [0.25, 0.3) is 5.95 Å². The van der Waals surface area contributed by atoms with Gasteiger partial charge in [0, 0.05) is 5.69 Å². The van der Waals surface area contributed by atoms with Gasteiger partial charge in [0.2, 0.25) is 10.7 Å². The fourth-order valence-corrected chi connectivity index (χ4v) is 1.56. The molecule has 80 valence electrons. The van der Waals surface area contributed by atoms with Gasteiger partial charge in [0.15, 0.2) is 0 Å². The van der Waals surface area contributed by atoms with Gasteiger partial charge in [-0.15, -0.1) is 5.10 Å². The van der Waals surface area contributed by atoms with Gasteiger partial charge in [-0.25, -0.2) is 9.97 Å². The number of aryl methyl sites for hydroxylation is 1. The first-order valence-corrected chi connectivity index (χ1v) is 5.03. The van der Waals surface area contributed by atoms with Gasteiger partial charge in [-0.2, -0.15) is 14.9 Å². The van der Waals surface area contributed by atoms with Crippen molar-refractivity contribution in [1.29, 1.82) is 5.26 Å². The standard InChI is InChI=1S/C8H6BrN7/c1-4-2-5(3-10)13-8(12-4)16-6(9)14-7(11)15-16/h2H,1H3,(H2,11,15). The highest BCUT2D eigenvalue weighted by atomic mass is 79.9. The Morgan fingerprint density at radius 1 is 1.44 bits per heavy atom. The Bertz CT molecular complexity index is 583. The molecule has 0 unspecified atom stereocenters. The molecule has 2 aromatic heterocycles. The number of hydrogen-bond acceptors (Lipinski definition) is 6.